The minimum absolute atomic E-state index is 0.0276. The van der Waals surface area contributed by atoms with Crippen LogP contribution < -0.4 is 10.6 Å². The SMILES string of the molecule is CCCNC(=O)C(C)NCCCO. The van der Waals surface area contributed by atoms with Crippen LogP contribution in [0.2, 0.25) is 0 Å². The number of amides is 1. The van der Waals surface area contributed by atoms with Crippen LogP contribution in [0.4, 0.5) is 0 Å². The summed E-state index contributed by atoms with van der Waals surface area (Å²) in [5.41, 5.74) is 0. The Morgan fingerprint density at radius 1 is 1.46 bits per heavy atom. The number of hydrogen-bond acceptors (Lipinski definition) is 3. The third-order valence-corrected chi connectivity index (χ3v) is 1.73. The van der Waals surface area contributed by atoms with Gasteiger partial charge in [0, 0.05) is 13.2 Å². The summed E-state index contributed by atoms with van der Waals surface area (Å²) in [6, 6.07) is -0.168. The minimum atomic E-state index is -0.168. The first-order chi connectivity index (χ1) is 6.22. The maximum Gasteiger partial charge on any atom is 0.236 e. The highest BCUT2D eigenvalue weighted by atomic mass is 16.3. The van der Waals surface area contributed by atoms with Crippen LogP contribution in [0.15, 0.2) is 0 Å². The van der Waals surface area contributed by atoms with Gasteiger partial charge in [-0.05, 0) is 26.3 Å². The Morgan fingerprint density at radius 3 is 2.69 bits per heavy atom. The molecule has 0 aromatic heterocycles. The summed E-state index contributed by atoms with van der Waals surface area (Å²) in [6.45, 7) is 5.41. The van der Waals surface area contributed by atoms with Gasteiger partial charge in [-0.3, -0.25) is 4.79 Å². The van der Waals surface area contributed by atoms with Crippen molar-refractivity contribution in [1.82, 2.24) is 10.6 Å². The van der Waals surface area contributed by atoms with Gasteiger partial charge in [-0.2, -0.15) is 0 Å². The van der Waals surface area contributed by atoms with Crippen molar-refractivity contribution >= 4 is 5.91 Å². The largest absolute Gasteiger partial charge is 0.396 e. The first kappa shape index (κ1) is 12.4. The third-order valence-electron chi connectivity index (χ3n) is 1.73. The van der Waals surface area contributed by atoms with Crippen LogP contribution in [0, 0.1) is 0 Å². The van der Waals surface area contributed by atoms with Crippen molar-refractivity contribution in [3.63, 3.8) is 0 Å². The standard InChI is InChI=1S/C9H20N2O2/c1-3-5-11-9(13)8(2)10-6-4-7-12/h8,10,12H,3-7H2,1-2H3,(H,11,13). The molecule has 4 heteroatoms. The molecule has 0 radical (unpaired) electrons. The Kier molecular flexibility index (Phi) is 7.63. The highest BCUT2D eigenvalue weighted by Gasteiger charge is 2.09. The number of carbonyl (C=O) groups is 1. The van der Waals surface area contributed by atoms with Gasteiger partial charge in [0.05, 0.1) is 6.04 Å². The summed E-state index contributed by atoms with van der Waals surface area (Å²) in [5, 5.41) is 14.3. The molecule has 1 amide bonds. The fourth-order valence-corrected chi connectivity index (χ4v) is 0.892. The highest BCUT2D eigenvalue weighted by Crippen LogP contribution is 1.83. The molecule has 0 aromatic carbocycles. The Balaban J connectivity index is 3.45. The lowest BCUT2D eigenvalue weighted by Crippen LogP contribution is -2.42. The van der Waals surface area contributed by atoms with Gasteiger partial charge in [0.15, 0.2) is 0 Å². The Bertz CT molecular complexity index is 140. The van der Waals surface area contributed by atoms with Gasteiger partial charge >= 0.3 is 0 Å². The topological polar surface area (TPSA) is 61.4 Å². The molecular formula is C9H20N2O2. The van der Waals surface area contributed by atoms with Gasteiger partial charge in [-0.1, -0.05) is 6.92 Å². The average Bonchev–Trinajstić information content (AvgIpc) is 2.14. The van der Waals surface area contributed by atoms with Crippen molar-refractivity contribution in [3.05, 3.63) is 0 Å². The molecule has 0 aliphatic carbocycles. The molecule has 0 aliphatic rings. The van der Waals surface area contributed by atoms with Crippen molar-refractivity contribution in [2.45, 2.75) is 32.7 Å². The van der Waals surface area contributed by atoms with Gasteiger partial charge in [-0.15, -0.1) is 0 Å². The average molecular weight is 188 g/mol. The highest BCUT2D eigenvalue weighted by molar-refractivity contribution is 5.81. The predicted octanol–water partition coefficient (Wildman–Crippen LogP) is -0.127. The molecule has 0 saturated heterocycles. The van der Waals surface area contributed by atoms with Crippen molar-refractivity contribution in [2.24, 2.45) is 0 Å². The van der Waals surface area contributed by atoms with Crippen LogP contribution in [-0.4, -0.2) is 36.8 Å². The van der Waals surface area contributed by atoms with Crippen LogP contribution in [0.3, 0.4) is 0 Å². The summed E-state index contributed by atoms with van der Waals surface area (Å²) in [7, 11) is 0. The lowest BCUT2D eigenvalue weighted by Gasteiger charge is -2.12. The maximum absolute atomic E-state index is 11.3. The molecule has 0 aromatic rings. The van der Waals surface area contributed by atoms with E-state index < -0.39 is 0 Å². The van der Waals surface area contributed by atoms with Crippen molar-refractivity contribution in [1.29, 1.82) is 0 Å². The molecule has 0 fully saturated rings. The molecule has 3 N–H and O–H groups in total. The first-order valence-electron chi connectivity index (χ1n) is 4.84. The molecule has 1 atom stereocenters. The zero-order chi connectivity index (χ0) is 10.1. The first-order valence-corrected chi connectivity index (χ1v) is 4.84. The summed E-state index contributed by atoms with van der Waals surface area (Å²) in [6.07, 6.45) is 1.64. The van der Waals surface area contributed by atoms with Gasteiger partial charge in [0.2, 0.25) is 5.91 Å². The van der Waals surface area contributed by atoms with E-state index in [4.69, 9.17) is 5.11 Å². The van der Waals surface area contributed by atoms with E-state index in [9.17, 15) is 4.79 Å². The minimum Gasteiger partial charge on any atom is -0.396 e. The van der Waals surface area contributed by atoms with E-state index in [1.165, 1.54) is 0 Å². The van der Waals surface area contributed by atoms with E-state index in [1.54, 1.807) is 0 Å². The zero-order valence-corrected chi connectivity index (χ0v) is 8.47. The van der Waals surface area contributed by atoms with Crippen molar-refractivity contribution < 1.29 is 9.90 Å². The van der Waals surface area contributed by atoms with Crippen LogP contribution in [0.1, 0.15) is 26.7 Å². The fourth-order valence-electron chi connectivity index (χ4n) is 0.892. The normalized spacial score (nSPS) is 12.5. The molecule has 0 saturated carbocycles. The fraction of sp³-hybridized carbons (Fsp3) is 0.889. The van der Waals surface area contributed by atoms with E-state index in [0.29, 0.717) is 13.0 Å². The van der Waals surface area contributed by atoms with E-state index in [-0.39, 0.29) is 18.6 Å². The monoisotopic (exact) mass is 188 g/mol. The molecule has 0 rings (SSSR count). The number of aliphatic hydroxyl groups excluding tert-OH is 1. The van der Waals surface area contributed by atoms with Crippen LogP contribution in [0.25, 0.3) is 0 Å². The summed E-state index contributed by atoms with van der Waals surface area (Å²) >= 11 is 0. The van der Waals surface area contributed by atoms with E-state index in [0.717, 1.165) is 13.0 Å². The second-order valence-corrected chi connectivity index (χ2v) is 3.04. The molecular weight excluding hydrogens is 168 g/mol. The van der Waals surface area contributed by atoms with Gasteiger partial charge in [-0.25, -0.2) is 0 Å². The molecule has 0 heterocycles. The van der Waals surface area contributed by atoms with Crippen molar-refractivity contribution in [3.8, 4) is 0 Å². The second kappa shape index (κ2) is 8.01. The number of hydrogen-bond donors (Lipinski definition) is 3. The third kappa shape index (κ3) is 6.54. The summed E-state index contributed by atoms with van der Waals surface area (Å²) in [5.74, 6) is 0.0276. The van der Waals surface area contributed by atoms with E-state index in [2.05, 4.69) is 10.6 Å². The van der Waals surface area contributed by atoms with Crippen molar-refractivity contribution in [2.75, 3.05) is 19.7 Å². The summed E-state index contributed by atoms with van der Waals surface area (Å²) < 4.78 is 0. The van der Waals surface area contributed by atoms with Crippen LogP contribution in [-0.2, 0) is 4.79 Å². The smallest absolute Gasteiger partial charge is 0.236 e. The lowest BCUT2D eigenvalue weighted by molar-refractivity contribution is -0.122. The predicted molar refractivity (Wildman–Crippen MR) is 52.5 cm³/mol. The number of carbonyl (C=O) groups excluding carboxylic acids is 1. The van der Waals surface area contributed by atoms with E-state index in [1.807, 2.05) is 13.8 Å². The zero-order valence-electron chi connectivity index (χ0n) is 8.47. The molecule has 4 nitrogen and oxygen atoms in total. The molecule has 0 bridgehead atoms. The van der Waals surface area contributed by atoms with Gasteiger partial charge in [0.25, 0.3) is 0 Å². The number of aliphatic hydroxyl groups is 1. The van der Waals surface area contributed by atoms with Gasteiger partial charge < -0.3 is 15.7 Å². The second-order valence-electron chi connectivity index (χ2n) is 3.04. The molecule has 78 valence electrons. The molecule has 0 aliphatic heterocycles. The molecule has 0 spiro atoms. The molecule has 1 unspecified atom stereocenters. The lowest BCUT2D eigenvalue weighted by atomic mass is 10.3. The van der Waals surface area contributed by atoms with Crippen LogP contribution >= 0.6 is 0 Å². The molecule has 13 heavy (non-hydrogen) atoms. The Hall–Kier alpha value is -0.610. The quantitative estimate of drug-likeness (QED) is 0.488. The Morgan fingerprint density at radius 2 is 2.15 bits per heavy atom. The number of nitrogens with one attached hydrogen (secondary N) is 2. The van der Waals surface area contributed by atoms with E-state index >= 15 is 0 Å². The van der Waals surface area contributed by atoms with Crippen LogP contribution in [0.5, 0.6) is 0 Å². The maximum atomic E-state index is 11.3. The summed E-state index contributed by atoms with van der Waals surface area (Å²) in [4.78, 5) is 11.3. The number of rotatable bonds is 7. The Labute approximate surface area is 79.7 Å². The van der Waals surface area contributed by atoms with Gasteiger partial charge in [0.1, 0.15) is 0 Å².